The van der Waals surface area contributed by atoms with E-state index in [4.69, 9.17) is 0 Å². The number of hydrogen-bond donors (Lipinski definition) is 1. The molecule has 0 saturated heterocycles. The van der Waals surface area contributed by atoms with Gasteiger partial charge in [0.25, 0.3) is 0 Å². The molecule has 86 valence electrons. The van der Waals surface area contributed by atoms with Gasteiger partial charge in [0.05, 0.1) is 17.9 Å². The first-order valence-corrected chi connectivity index (χ1v) is 5.55. The van der Waals surface area contributed by atoms with Crippen LogP contribution in [-0.4, -0.2) is 26.0 Å². The van der Waals surface area contributed by atoms with Crippen molar-refractivity contribution >= 4 is 16.9 Å². The van der Waals surface area contributed by atoms with Crippen LogP contribution in [0.2, 0.25) is 0 Å². The van der Waals surface area contributed by atoms with Gasteiger partial charge < -0.3 is 5.32 Å². The minimum atomic E-state index is 0.279. The Morgan fingerprint density at radius 2 is 2.00 bits per heavy atom. The Balaban J connectivity index is 2.41. The molecule has 2 aromatic rings. The Morgan fingerprint density at radius 1 is 1.25 bits per heavy atom. The molecule has 0 aliphatic rings. The number of hydrogen-bond acceptors (Lipinski definition) is 4. The molecular weight excluding hydrogens is 202 g/mol. The summed E-state index contributed by atoms with van der Waals surface area (Å²) in [5.74, 6) is 0. The quantitative estimate of drug-likeness (QED) is 0.860. The Labute approximate surface area is 94.9 Å². The highest BCUT2D eigenvalue weighted by molar-refractivity contribution is 5.74. The van der Waals surface area contributed by atoms with E-state index in [1.807, 2.05) is 16.9 Å². The maximum atomic E-state index is 4.39. The maximum absolute atomic E-state index is 4.39. The minimum absolute atomic E-state index is 0.279. The molecule has 2 rings (SSSR count). The van der Waals surface area contributed by atoms with E-state index in [9.17, 15) is 0 Å². The van der Waals surface area contributed by atoms with Gasteiger partial charge in [-0.05, 0) is 33.8 Å². The Bertz CT molecular complexity index is 486. The molecule has 0 radical (unpaired) electrons. The molecule has 0 amide bonds. The standard InChI is InChI=1S/C11H17N5/c1-7(2)13-9-5-10-11(12-6-9)16(8(3)4)15-14-10/h5-8,13H,1-4H3. The number of pyridine rings is 1. The summed E-state index contributed by atoms with van der Waals surface area (Å²) in [6, 6.07) is 2.65. The molecule has 0 fully saturated rings. The van der Waals surface area contributed by atoms with Crippen molar-refractivity contribution in [3.63, 3.8) is 0 Å². The number of aromatic nitrogens is 4. The van der Waals surface area contributed by atoms with Gasteiger partial charge in [-0.1, -0.05) is 5.21 Å². The zero-order chi connectivity index (χ0) is 11.7. The lowest BCUT2D eigenvalue weighted by Gasteiger charge is -2.09. The Hall–Kier alpha value is -1.65. The van der Waals surface area contributed by atoms with E-state index in [2.05, 4.69) is 48.3 Å². The molecule has 0 unspecified atom stereocenters. The zero-order valence-corrected chi connectivity index (χ0v) is 10.1. The molecule has 5 heteroatoms. The molecule has 0 bridgehead atoms. The summed E-state index contributed by atoms with van der Waals surface area (Å²) in [4.78, 5) is 4.39. The summed E-state index contributed by atoms with van der Waals surface area (Å²) in [6.07, 6.45) is 1.82. The average Bonchev–Trinajstić information content (AvgIpc) is 2.59. The summed E-state index contributed by atoms with van der Waals surface area (Å²) in [5.41, 5.74) is 2.65. The fourth-order valence-electron chi connectivity index (χ4n) is 1.59. The van der Waals surface area contributed by atoms with E-state index in [-0.39, 0.29) is 6.04 Å². The summed E-state index contributed by atoms with van der Waals surface area (Å²) in [6.45, 7) is 8.32. The molecule has 0 atom stereocenters. The lowest BCUT2D eigenvalue weighted by atomic mass is 10.3. The van der Waals surface area contributed by atoms with Crippen LogP contribution in [0.5, 0.6) is 0 Å². The molecule has 2 aromatic heterocycles. The minimum Gasteiger partial charge on any atom is -0.382 e. The third kappa shape index (κ3) is 1.98. The Kier molecular flexibility index (Phi) is 2.77. The van der Waals surface area contributed by atoms with Gasteiger partial charge in [0, 0.05) is 6.04 Å². The lowest BCUT2D eigenvalue weighted by molar-refractivity contribution is 0.526. The Morgan fingerprint density at radius 3 is 2.62 bits per heavy atom. The topological polar surface area (TPSA) is 55.6 Å². The van der Waals surface area contributed by atoms with Crippen LogP contribution in [0.3, 0.4) is 0 Å². The van der Waals surface area contributed by atoms with Crippen LogP contribution >= 0.6 is 0 Å². The first-order chi connectivity index (χ1) is 7.58. The van der Waals surface area contributed by atoms with Crippen molar-refractivity contribution in [1.82, 2.24) is 20.0 Å². The van der Waals surface area contributed by atoms with Gasteiger partial charge in [0.2, 0.25) is 0 Å². The van der Waals surface area contributed by atoms with Crippen molar-refractivity contribution in [1.29, 1.82) is 0 Å². The average molecular weight is 219 g/mol. The van der Waals surface area contributed by atoms with Crippen molar-refractivity contribution in [2.45, 2.75) is 39.8 Å². The summed E-state index contributed by atoms with van der Waals surface area (Å²) >= 11 is 0. The van der Waals surface area contributed by atoms with Crippen LogP contribution < -0.4 is 5.32 Å². The van der Waals surface area contributed by atoms with Gasteiger partial charge in [-0.25, -0.2) is 9.67 Å². The maximum Gasteiger partial charge on any atom is 0.178 e. The monoisotopic (exact) mass is 219 g/mol. The van der Waals surface area contributed by atoms with Crippen molar-refractivity contribution in [2.75, 3.05) is 5.32 Å². The van der Waals surface area contributed by atoms with Crippen molar-refractivity contribution in [2.24, 2.45) is 0 Å². The molecule has 1 N–H and O–H groups in total. The number of fused-ring (bicyclic) bond motifs is 1. The predicted molar refractivity (Wildman–Crippen MR) is 64.5 cm³/mol. The van der Waals surface area contributed by atoms with Gasteiger partial charge in [-0.3, -0.25) is 0 Å². The van der Waals surface area contributed by atoms with Crippen LogP contribution in [0.15, 0.2) is 12.3 Å². The molecule has 0 aliphatic carbocycles. The van der Waals surface area contributed by atoms with Crippen LogP contribution in [-0.2, 0) is 0 Å². The largest absolute Gasteiger partial charge is 0.382 e. The second-order valence-electron chi connectivity index (χ2n) is 4.49. The summed E-state index contributed by atoms with van der Waals surface area (Å²) in [5, 5.41) is 11.5. The van der Waals surface area contributed by atoms with E-state index in [1.165, 1.54) is 0 Å². The molecule has 0 aromatic carbocycles. The molecule has 0 spiro atoms. The number of nitrogens with one attached hydrogen (secondary N) is 1. The van der Waals surface area contributed by atoms with E-state index < -0.39 is 0 Å². The first kappa shape index (κ1) is 10.9. The highest BCUT2D eigenvalue weighted by Gasteiger charge is 2.09. The van der Waals surface area contributed by atoms with E-state index in [0.29, 0.717) is 6.04 Å². The van der Waals surface area contributed by atoms with Crippen LogP contribution in [0, 0.1) is 0 Å². The lowest BCUT2D eigenvalue weighted by Crippen LogP contribution is -2.10. The van der Waals surface area contributed by atoms with Gasteiger partial charge in [-0.15, -0.1) is 5.10 Å². The number of nitrogens with zero attached hydrogens (tertiary/aromatic N) is 4. The van der Waals surface area contributed by atoms with Crippen molar-refractivity contribution in [3.8, 4) is 0 Å². The zero-order valence-electron chi connectivity index (χ0n) is 10.1. The van der Waals surface area contributed by atoms with Crippen molar-refractivity contribution < 1.29 is 0 Å². The highest BCUT2D eigenvalue weighted by atomic mass is 15.4. The second-order valence-corrected chi connectivity index (χ2v) is 4.49. The molecule has 2 heterocycles. The second kappa shape index (κ2) is 4.08. The van der Waals surface area contributed by atoms with Gasteiger partial charge >= 0.3 is 0 Å². The van der Waals surface area contributed by atoms with Gasteiger partial charge in [0.15, 0.2) is 5.65 Å². The number of rotatable bonds is 3. The fourth-order valence-corrected chi connectivity index (χ4v) is 1.59. The predicted octanol–water partition coefficient (Wildman–Crippen LogP) is 2.23. The van der Waals surface area contributed by atoms with E-state index in [0.717, 1.165) is 16.9 Å². The normalized spacial score (nSPS) is 11.6. The molecule has 5 nitrogen and oxygen atoms in total. The summed E-state index contributed by atoms with van der Waals surface area (Å²) < 4.78 is 1.83. The molecule has 0 saturated carbocycles. The van der Waals surface area contributed by atoms with Crippen LogP contribution in [0.25, 0.3) is 11.2 Å². The molecular formula is C11H17N5. The fraction of sp³-hybridized carbons (Fsp3) is 0.545. The smallest absolute Gasteiger partial charge is 0.178 e. The highest BCUT2D eigenvalue weighted by Crippen LogP contribution is 2.17. The SMILES string of the molecule is CC(C)Nc1cnc2c(c1)nnn2C(C)C. The van der Waals surface area contributed by atoms with Crippen LogP contribution in [0.1, 0.15) is 33.7 Å². The third-order valence-corrected chi connectivity index (χ3v) is 2.26. The van der Waals surface area contributed by atoms with E-state index in [1.54, 1.807) is 0 Å². The van der Waals surface area contributed by atoms with Gasteiger partial charge in [0.1, 0.15) is 5.52 Å². The van der Waals surface area contributed by atoms with Gasteiger partial charge in [-0.2, -0.15) is 0 Å². The number of anilines is 1. The third-order valence-electron chi connectivity index (χ3n) is 2.26. The van der Waals surface area contributed by atoms with Crippen LogP contribution in [0.4, 0.5) is 5.69 Å². The van der Waals surface area contributed by atoms with E-state index >= 15 is 0 Å². The first-order valence-electron chi connectivity index (χ1n) is 5.55. The summed E-state index contributed by atoms with van der Waals surface area (Å²) in [7, 11) is 0. The molecule has 0 aliphatic heterocycles. The van der Waals surface area contributed by atoms with Crippen molar-refractivity contribution in [3.05, 3.63) is 12.3 Å². The molecule has 16 heavy (non-hydrogen) atoms.